The number of hydrogen-bond donors (Lipinski definition) is 1. The van der Waals surface area contributed by atoms with Gasteiger partial charge in [0.1, 0.15) is 0 Å². The van der Waals surface area contributed by atoms with Crippen molar-refractivity contribution < 1.29 is 16.8 Å². The summed E-state index contributed by atoms with van der Waals surface area (Å²) in [5.41, 5.74) is 0. The summed E-state index contributed by atoms with van der Waals surface area (Å²) >= 11 is 8.92. The first-order valence-electron chi connectivity index (χ1n) is 5.08. The molecule has 1 aromatic rings. The average Bonchev–Trinajstić information content (AvgIpc) is 2.61. The summed E-state index contributed by atoms with van der Waals surface area (Å²) in [5.74, 6) is -0.263. The molecular weight excluding hydrogens is 378 g/mol. The van der Waals surface area contributed by atoms with Crippen molar-refractivity contribution in [1.82, 2.24) is 4.72 Å². The van der Waals surface area contributed by atoms with E-state index in [-0.39, 0.29) is 10.6 Å². The van der Waals surface area contributed by atoms with Crippen LogP contribution in [0, 0.1) is 0 Å². The van der Waals surface area contributed by atoms with E-state index in [1.165, 1.54) is 24.3 Å². The van der Waals surface area contributed by atoms with E-state index < -0.39 is 25.9 Å². The van der Waals surface area contributed by atoms with Crippen LogP contribution in [0.15, 0.2) is 39.1 Å². The van der Waals surface area contributed by atoms with Crippen LogP contribution in [0.1, 0.15) is 0 Å². The molecule has 104 valence electrons. The van der Waals surface area contributed by atoms with Gasteiger partial charge in [0.15, 0.2) is 9.84 Å². The van der Waals surface area contributed by atoms with E-state index >= 15 is 0 Å². The van der Waals surface area contributed by atoms with Crippen molar-refractivity contribution >= 4 is 47.4 Å². The predicted octanol–water partition coefficient (Wildman–Crippen LogP) is 1.69. The van der Waals surface area contributed by atoms with E-state index in [1.807, 2.05) is 0 Å². The lowest BCUT2D eigenvalue weighted by Gasteiger charge is -2.11. The Morgan fingerprint density at radius 1 is 1.37 bits per heavy atom. The molecule has 0 aliphatic carbocycles. The third-order valence-electron chi connectivity index (χ3n) is 2.44. The van der Waals surface area contributed by atoms with Crippen LogP contribution in [-0.4, -0.2) is 28.6 Å². The van der Waals surface area contributed by atoms with Gasteiger partial charge in [-0.3, -0.25) is 0 Å². The van der Waals surface area contributed by atoms with Crippen LogP contribution in [0.2, 0.25) is 5.02 Å². The summed E-state index contributed by atoms with van der Waals surface area (Å²) in [5, 5.41) is 1.40. The highest BCUT2D eigenvalue weighted by Gasteiger charge is 2.26. The lowest BCUT2D eigenvalue weighted by atomic mass is 10.4. The Morgan fingerprint density at radius 3 is 2.58 bits per heavy atom. The van der Waals surface area contributed by atoms with Crippen LogP contribution in [0.3, 0.4) is 0 Å². The molecule has 0 saturated heterocycles. The number of sulfonamides is 1. The van der Waals surface area contributed by atoms with Crippen molar-refractivity contribution in [2.75, 3.05) is 5.75 Å². The molecule has 0 fully saturated rings. The Hall–Kier alpha value is -0.410. The molecule has 0 amide bonds. The molecule has 1 heterocycles. The second-order valence-electron chi connectivity index (χ2n) is 3.96. The molecule has 5 nitrogen and oxygen atoms in total. The molecule has 19 heavy (non-hydrogen) atoms. The number of rotatable bonds is 3. The van der Waals surface area contributed by atoms with Gasteiger partial charge in [-0.05, 0) is 34.1 Å². The minimum atomic E-state index is -3.79. The fourth-order valence-corrected chi connectivity index (χ4v) is 4.77. The van der Waals surface area contributed by atoms with Gasteiger partial charge in [-0.25, -0.2) is 21.6 Å². The van der Waals surface area contributed by atoms with Gasteiger partial charge in [0.25, 0.3) is 0 Å². The van der Waals surface area contributed by atoms with Crippen molar-refractivity contribution in [2.24, 2.45) is 0 Å². The summed E-state index contributed by atoms with van der Waals surface area (Å²) in [4.78, 5) is 0.0153. The standard InChI is InChI=1S/C10H9BrClNO4S2/c11-9-5-8(1-2-10(9)12)19(16,17)13-7-3-4-18(14,15)6-7/h1-5,7,13H,6H2. The normalized spacial score (nSPS) is 21.7. The highest BCUT2D eigenvalue weighted by atomic mass is 79.9. The van der Waals surface area contributed by atoms with Crippen molar-refractivity contribution in [3.8, 4) is 0 Å². The fourth-order valence-electron chi connectivity index (χ4n) is 1.56. The van der Waals surface area contributed by atoms with Crippen molar-refractivity contribution in [2.45, 2.75) is 10.9 Å². The summed E-state index contributed by atoms with van der Waals surface area (Å²) < 4.78 is 49.3. The summed E-state index contributed by atoms with van der Waals surface area (Å²) in [6.45, 7) is 0. The summed E-state index contributed by atoms with van der Waals surface area (Å²) in [6, 6.07) is 3.41. The largest absolute Gasteiger partial charge is 0.241 e. The molecule has 1 aromatic carbocycles. The summed E-state index contributed by atoms with van der Waals surface area (Å²) in [7, 11) is -7.09. The smallest absolute Gasteiger partial charge is 0.224 e. The molecule has 9 heteroatoms. The average molecular weight is 387 g/mol. The van der Waals surface area contributed by atoms with Gasteiger partial charge in [-0.1, -0.05) is 17.7 Å². The molecular formula is C10H9BrClNO4S2. The van der Waals surface area contributed by atoms with Gasteiger partial charge in [-0.15, -0.1) is 0 Å². The van der Waals surface area contributed by atoms with Crippen LogP contribution >= 0.6 is 27.5 Å². The van der Waals surface area contributed by atoms with Gasteiger partial charge in [0.05, 0.1) is 21.7 Å². The monoisotopic (exact) mass is 385 g/mol. The second kappa shape index (κ2) is 5.17. The van der Waals surface area contributed by atoms with Crippen molar-refractivity contribution in [1.29, 1.82) is 0 Å². The lowest BCUT2D eigenvalue weighted by Crippen LogP contribution is -2.35. The Balaban J connectivity index is 2.24. The first-order valence-corrected chi connectivity index (χ1v) is 9.45. The van der Waals surface area contributed by atoms with E-state index in [4.69, 9.17) is 11.6 Å². The van der Waals surface area contributed by atoms with Gasteiger partial charge < -0.3 is 0 Å². The molecule has 0 radical (unpaired) electrons. The zero-order chi connectivity index (χ0) is 14.3. The van der Waals surface area contributed by atoms with Crippen LogP contribution in [0.4, 0.5) is 0 Å². The number of nitrogens with one attached hydrogen (secondary N) is 1. The van der Waals surface area contributed by atoms with E-state index in [9.17, 15) is 16.8 Å². The van der Waals surface area contributed by atoms with E-state index in [1.54, 1.807) is 0 Å². The molecule has 0 spiro atoms. The molecule has 1 aliphatic heterocycles. The molecule has 1 atom stereocenters. The molecule has 0 aromatic heterocycles. The molecule has 0 saturated carbocycles. The van der Waals surface area contributed by atoms with Gasteiger partial charge >= 0.3 is 0 Å². The molecule has 1 unspecified atom stereocenters. The lowest BCUT2D eigenvalue weighted by molar-refractivity contribution is 0.575. The highest BCUT2D eigenvalue weighted by molar-refractivity contribution is 9.10. The van der Waals surface area contributed by atoms with Crippen LogP contribution < -0.4 is 4.72 Å². The van der Waals surface area contributed by atoms with Gasteiger partial charge in [-0.2, -0.15) is 0 Å². The Kier molecular flexibility index (Phi) is 4.08. The third-order valence-corrected chi connectivity index (χ3v) is 6.54. The zero-order valence-corrected chi connectivity index (χ0v) is 13.4. The third kappa shape index (κ3) is 3.57. The number of sulfone groups is 1. The van der Waals surface area contributed by atoms with E-state index in [2.05, 4.69) is 20.7 Å². The SMILES string of the molecule is O=S1(=O)C=CC(NS(=O)(=O)c2ccc(Cl)c(Br)c2)C1. The quantitative estimate of drug-likeness (QED) is 0.857. The second-order valence-corrected chi connectivity index (χ2v) is 8.87. The van der Waals surface area contributed by atoms with E-state index in [0.717, 1.165) is 5.41 Å². The molecule has 1 N–H and O–H groups in total. The van der Waals surface area contributed by atoms with Crippen LogP contribution in [0.25, 0.3) is 0 Å². The topological polar surface area (TPSA) is 80.3 Å². The molecule has 2 rings (SSSR count). The maximum absolute atomic E-state index is 12.1. The van der Waals surface area contributed by atoms with Gasteiger partial charge in [0.2, 0.25) is 10.0 Å². The Labute approximate surface area is 124 Å². The highest BCUT2D eigenvalue weighted by Crippen LogP contribution is 2.25. The Bertz CT molecular complexity index is 743. The molecule has 1 aliphatic rings. The number of hydrogen-bond acceptors (Lipinski definition) is 4. The minimum absolute atomic E-state index is 0.0153. The van der Waals surface area contributed by atoms with Crippen LogP contribution in [0.5, 0.6) is 0 Å². The summed E-state index contributed by atoms with van der Waals surface area (Å²) in [6.07, 6.45) is 1.32. The van der Waals surface area contributed by atoms with E-state index in [0.29, 0.717) is 9.50 Å². The molecule has 0 bridgehead atoms. The maximum Gasteiger partial charge on any atom is 0.241 e. The Morgan fingerprint density at radius 2 is 2.05 bits per heavy atom. The number of halogens is 2. The first-order chi connectivity index (χ1) is 8.70. The van der Waals surface area contributed by atoms with Gasteiger partial charge in [0, 0.05) is 9.88 Å². The van der Waals surface area contributed by atoms with Crippen molar-refractivity contribution in [3.05, 3.63) is 39.2 Å². The zero-order valence-electron chi connectivity index (χ0n) is 9.38. The predicted molar refractivity (Wildman–Crippen MR) is 76.2 cm³/mol. The first kappa shape index (κ1) is 15.0. The number of benzene rings is 1. The fraction of sp³-hybridized carbons (Fsp3) is 0.200. The minimum Gasteiger partial charge on any atom is -0.224 e. The van der Waals surface area contributed by atoms with Crippen molar-refractivity contribution in [3.63, 3.8) is 0 Å². The van der Waals surface area contributed by atoms with Crippen LogP contribution in [-0.2, 0) is 19.9 Å². The maximum atomic E-state index is 12.1.